The molecule has 174 valence electrons. The van der Waals surface area contributed by atoms with Gasteiger partial charge in [0.05, 0.1) is 11.1 Å². The van der Waals surface area contributed by atoms with E-state index >= 15 is 0 Å². The number of carbonyl (C=O) groups is 1. The Balaban J connectivity index is 1.86. The predicted molar refractivity (Wildman–Crippen MR) is 142 cm³/mol. The molecule has 0 saturated carbocycles. The predicted octanol–water partition coefficient (Wildman–Crippen LogP) is 7.35. The lowest BCUT2D eigenvalue weighted by Crippen LogP contribution is -2.14. The molecule has 1 amide bonds. The molecule has 1 N–H and O–H groups in total. The van der Waals surface area contributed by atoms with E-state index in [0.717, 1.165) is 21.2 Å². The van der Waals surface area contributed by atoms with Crippen molar-refractivity contribution in [3.63, 3.8) is 0 Å². The van der Waals surface area contributed by atoms with E-state index in [-0.39, 0.29) is 5.57 Å². The summed E-state index contributed by atoms with van der Waals surface area (Å²) in [6, 6.07) is 19.1. The second kappa shape index (κ2) is 11.9. The zero-order valence-electron chi connectivity index (χ0n) is 19.1. The minimum atomic E-state index is -0.474. The van der Waals surface area contributed by atoms with Crippen LogP contribution in [0.2, 0.25) is 0 Å². The Kier molecular flexibility index (Phi) is 8.91. The standard InChI is InChI=1S/C27H24Br2N2O3/c1-4-33-25-14-19(13-23(29)26(25)34-16-20-7-5-6-8-22(20)28)12-21(15-30)27(32)31-24-10-9-17(2)11-18(24)3/h5-14H,4,16H2,1-3H3,(H,31,32)/b21-12+. The monoisotopic (exact) mass is 582 g/mol. The Morgan fingerprint density at radius 3 is 2.50 bits per heavy atom. The average molecular weight is 584 g/mol. The number of amides is 1. The van der Waals surface area contributed by atoms with E-state index in [2.05, 4.69) is 37.2 Å². The summed E-state index contributed by atoms with van der Waals surface area (Å²) in [5, 5.41) is 12.4. The summed E-state index contributed by atoms with van der Waals surface area (Å²) in [5.74, 6) is 0.591. The van der Waals surface area contributed by atoms with Crippen molar-refractivity contribution in [3.05, 3.63) is 91.4 Å². The molecule has 5 nitrogen and oxygen atoms in total. The molecule has 3 aromatic rings. The topological polar surface area (TPSA) is 71.3 Å². The largest absolute Gasteiger partial charge is 0.490 e. The highest BCUT2D eigenvalue weighted by atomic mass is 79.9. The van der Waals surface area contributed by atoms with Crippen LogP contribution in [-0.4, -0.2) is 12.5 Å². The van der Waals surface area contributed by atoms with Crippen LogP contribution in [0.3, 0.4) is 0 Å². The van der Waals surface area contributed by atoms with Crippen molar-refractivity contribution in [3.8, 4) is 17.6 Å². The van der Waals surface area contributed by atoms with Crippen molar-refractivity contribution in [1.82, 2.24) is 0 Å². The summed E-state index contributed by atoms with van der Waals surface area (Å²) in [6.45, 7) is 6.56. The quantitative estimate of drug-likeness (QED) is 0.222. The molecule has 0 fully saturated rings. The first-order valence-electron chi connectivity index (χ1n) is 10.6. The van der Waals surface area contributed by atoms with Gasteiger partial charge in [0.2, 0.25) is 0 Å². The van der Waals surface area contributed by atoms with Crippen LogP contribution in [0, 0.1) is 25.2 Å². The van der Waals surface area contributed by atoms with Crippen molar-refractivity contribution in [2.75, 3.05) is 11.9 Å². The minimum Gasteiger partial charge on any atom is -0.490 e. The van der Waals surface area contributed by atoms with Crippen LogP contribution in [0.1, 0.15) is 29.2 Å². The Bertz CT molecular complexity index is 1280. The number of anilines is 1. The van der Waals surface area contributed by atoms with Crippen LogP contribution in [0.5, 0.6) is 11.5 Å². The molecule has 0 heterocycles. The van der Waals surface area contributed by atoms with Gasteiger partial charge in [0, 0.05) is 15.7 Å². The Morgan fingerprint density at radius 2 is 1.82 bits per heavy atom. The molecule has 7 heteroatoms. The third kappa shape index (κ3) is 6.49. The Hall–Kier alpha value is -3.08. The van der Waals surface area contributed by atoms with E-state index in [4.69, 9.17) is 9.47 Å². The molecule has 0 aliphatic rings. The summed E-state index contributed by atoms with van der Waals surface area (Å²) in [5.41, 5.74) is 4.31. The number of nitrogens with one attached hydrogen (secondary N) is 1. The molecule has 0 aliphatic heterocycles. The number of hydrogen-bond acceptors (Lipinski definition) is 4. The van der Waals surface area contributed by atoms with Crippen molar-refractivity contribution in [1.29, 1.82) is 5.26 Å². The molecule has 0 spiro atoms. The molecule has 34 heavy (non-hydrogen) atoms. The Morgan fingerprint density at radius 1 is 1.06 bits per heavy atom. The van der Waals surface area contributed by atoms with E-state index in [9.17, 15) is 10.1 Å². The molecule has 3 rings (SSSR count). The summed E-state index contributed by atoms with van der Waals surface area (Å²) in [6.07, 6.45) is 1.53. The number of nitrogens with zero attached hydrogens (tertiary/aromatic N) is 1. The van der Waals surface area contributed by atoms with E-state index < -0.39 is 5.91 Å². The first-order valence-corrected chi connectivity index (χ1v) is 12.2. The van der Waals surface area contributed by atoms with Crippen LogP contribution < -0.4 is 14.8 Å². The number of rotatable bonds is 8. The van der Waals surface area contributed by atoms with Crippen LogP contribution in [0.4, 0.5) is 5.69 Å². The average Bonchev–Trinajstić information content (AvgIpc) is 2.80. The molecule has 0 aliphatic carbocycles. The number of aryl methyl sites for hydroxylation is 2. The molecule has 0 atom stereocenters. The molecule has 0 radical (unpaired) electrons. The van der Waals surface area contributed by atoms with Crippen molar-refractivity contribution >= 4 is 49.5 Å². The minimum absolute atomic E-state index is 0.0174. The van der Waals surface area contributed by atoms with Crippen LogP contribution in [0.25, 0.3) is 6.08 Å². The SMILES string of the molecule is CCOc1cc(/C=C(\C#N)C(=O)Nc2ccc(C)cc2C)cc(Br)c1OCc1ccccc1Br. The van der Waals surface area contributed by atoms with Gasteiger partial charge in [0.25, 0.3) is 5.91 Å². The Labute approximate surface area is 216 Å². The third-order valence-corrected chi connectivity index (χ3v) is 6.33. The highest BCUT2D eigenvalue weighted by molar-refractivity contribution is 9.10. The summed E-state index contributed by atoms with van der Waals surface area (Å²) < 4.78 is 13.5. The summed E-state index contributed by atoms with van der Waals surface area (Å²) >= 11 is 7.08. The van der Waals surface area contributed by atoms with Gasteiger partial charge in [-0.05, 0) is 78.2 Å². The first kappa shape index (κ1) is 25.5. The molecule has 0 bridgehead atoms. The van der Waals surface area contributed by atoms with E-state index in [1.807, 2.05) is 69.3 Å². The zero-order valence-corrected chi connectivity index (χ0v) is 22.3. The molecular formula is C27H24Br2N2O3. The van der Waals surface area contributed by atoms with Gasteiger partial charge in [-0.25, -0.2) is 0 Å². The van der Waals surface area contributed by atoms with Crippen LogP contribution in [-0.2, 0) is 11.4 Å². The van der Waals surface area contributed by atoms with Gasteiger partial charge in [-0.1, -0.05) is 51.8 Å². The maximum atomic E-state index is 12.8. The lowest BCUT2D eigenvalue weighted by atomic mass is 10.1. The van der Waals surface area contributed by atoms with Gasteiger partial charge in [0.15, 0.2) is 11.5 Å². The summed E-state index contributed by atoms with van der Waals surface area (Å²) in [4.78, 5) is 12.8. The molecular weight excluding hydrogens is 560 g/mol. The van der Waals surface area contributed by atoms with Crippen LogP contribution >= 0.6 is 31.9 Å². The number of nitriles is 1. The lowest BCUT2D eigenvalue weighted by Gasteiger charge is -2.15. The normalized spacial score (nSPS) is 11.0. The van der Waals surface area contributed by atoms with Gasteiger partial charge < -0.3 is 14.8 Å². The highest BCUT2D eigenvalue weighted by Gasteiger charge is 2.15. The third-order valence-electron chi connectivity index (χ3n) is 4.97. The number of ether oxygens (including phenoxy) is 2. The molecule has 0 saturated heterocycles. The van der Waals surface area contributed by atoms with Crippen LogP contribution in [0.15, 0.2) is 69.1 Å². The second-order valence-electron chi connectivity index (χ2n) is 7.59. The van der Waals surface area contributed by atoms with Crippen molar-refractivity contribution in [2.45, 2.75) is 27.4 Å². The molecule has 0 unspecified atom stereocenters. The molecule has 0 aromatic heterocycles. The van der Waals surface area contributed by atoms with Crippen molar-refractivity contribution < 1.29 is 14.3 Å². The van der Waals surface area contributed by atoms with Gasteiger partial charge >= 0.3 is 0 Å². The molecule has 3 aromatic carbocycles. The number of halogens is 2. The lowest BCUT2D eigenvalue weighted by molar-refractivity contribution is -0.112. The second-order valence-corrected chi connectivity index (χ2v) is 9.29. The van der Waals surface area contributed by atoms with E-state index in [1.165, 1.54) is 6.08 Å². The fraction of sp³-hybridized carbons (Fsp3) is 0.185. The van der Waals surface area contributed by atoms with Gasteiger partial charge in [-0.3, -0.25) is 4.79 Å². The van der Waals surface area contributed by atoms with Crippen molar-refractivity contribution in [2.24, 2.45) is 0 Å². The van der Waals surface area contributed by atoms with E-state index in [0.29, 0.717) is 40.4 Å². The summed E-state index contributed by atoms with van der Waals surface area (Å²) in [7, 11) is 0. The number of carbonyl (C=O) groups excluding carboxylic acids is 1. The smallest absolute Gasteiger partial charge is 0.266 e. The number of benzene rings is 3. The first-order chi connectivity index (χ1) is 16.3. The fourth-order valence-corrected chi connectivity index (χ4v) is 4.27. The van der Waals surface area contributed by atoms with Gasteiger partial charge in [-0.2, -0.15) is 5.26 Å². The maximum Gasteiger partial charge on any atom is 0.266 e. The maximum absolute atomic E-state index is 12.8. The zero-order chi connectivity index (χ0) is 24.7. The van der Waals surface area contributed by atoms with Gasteiger partial charge in [-0.15, -0.1) is 0 Å². The van der Waals surface area contributed by atoms with E-state index in [1.54, 1.807) is 12.1 Å². The van der Waals surface area contributed by atoms with Gasteiger partial charge in [0.1, 0.15) is 18.2 Å². The highest BCUT2D eigenvalue weighted by Crippen LogP contribution is 2.38. The fourth-order valence-electron chi connectivity index (χ4n) is 3.30. The number of hydrogen-bond donors (Lipinski definition) is 1.